The van der Waals surface area contributed by atoms with Crippen molar-refractivity contribution >= 4 is 0 Å². The summed E-state index contributed by atoms with van der Waals surface area (Å²) in [5.74, 6) is 0.833. The third-order valence-electron chi connectivity index (χ3n) is 0.894. The molecule has 2 nitrogen and oxygen atoms in total. The van der Waals surface area contributed by atoms with Gasteiger partial charge in [0.05, 0.1) is 19.5 Å². The lowest BCUT2D eigenvalue weighted by atomic mass is 10.4. The molecule has 0 radical (unpaired) electrons. The van der Waals surface area contributed by atoms with Crippen LogP contribution in [0.15, 0.2) is 24.0 Å². The minimum Gasteiger partial charge on any atom is -0.501 e. The van der Waals surface area contributed by atoms with E-state index in [4.69, 9.17) is 9.84 Å². The highest BCUT2D eigenvalue weighted by Crippen LogP contribution is 1.91. The number of aliphatic hydroxyl groups is 1. The van der Waals surface area contributed by atoms with Gasteiger partial charge in [0.2, 0.25) is 0 Å². The van der Waals surface area contributed by atoms with Crippen LogP contribution in [0.3, 0.4) is 0 Å². The maximum atomic E-state index is 8.29. The summed E-state index contributed by atoms with van der Waals surface area (Å²) >= 11 is 0. The molecule has 0 aromatic rings. The number of methoxy groups -OCH3 is 1. The predicted molar refractivity (Wildman–Crippen MR) is 37.0 cm³/mol. The Bertz CT molecular complexity index is 114. The zero-order valence-electron chi connectivity index (χ0n) is 5.79. The molecule has 0 saturated heterocycles. The summed E-state index contributed by atoms with van der Waals surface area (Å²) in [7, 11) is 1.61. The van der Waals surface area contributed by atoms with E-state index in [0.717, 1.165) is 5.76 Å². The minimum absolute atomic E-state index is 0.0769. The van der Waals surface area contributed by atoms with Crippen LogP contribution in [0.4, 0.5) is 0 Å². The van der Waals surface area contributed by atoms with Crippen molar-refractivity contribution in [2.24, 2.45) is 0 Å². The molecule has 1 N–H and O–H groups in total. The van der Waals surface area contributed by atoms with Gasteiger partial charge in [-0.1, -0.05) is 12.2 Å². The van der Waals surface area contributed by atoms with E-state index in [1.165, 1.54) is 0 Å². The molecule has 0 aliphatic heterocycles. The van der Waals surface area contributed by atoms with E-state index in [0.29, 0.717) is 0 Å². The summed E-state index contributed by atoms with van der Waals surface area (Å²) in [5.41, 5.74) is 0. The number of rotatable bonds is 3. The number of allylic oxidation sites excluding steroid dienone is 3. The van der Waals surface area contributed by atoms with Crippen LogP contribution in [0.5, 0.6) is 0 Å². The molecule has 0 atom stereocenters. The van der Waals surface area contributed by atoms with E-state index in [2.05, 4.69) is 0 Å². The van der Waals surface area contributed by atoms with E-state index in [9.17, 15) is 0 Å². The fraction of sp³-hybridized carbons (Fsp3) is 0.429. The largest absolute Gasteiger partial charge is 0.501 e. The quantitative estimate of drug-likeness (QED) is 0.455. The van der Waals surface area contributed by atoms with Crippen LogP contribution in [0.25, 0.3) is 0 Å². The highest BCUT2D eigenvalue weighted by Gasteiger charge is 1.76. The van der Waals surface area contributed by atoms with Crippen LogP contribution in [0.2, 0.25) is 0 Å². The summed E-state index contributed by atoms with van der Waals surface area (Å²) in [4.78, 5) is 0. The topological polar surface area (TPSA) is 29.5 Å². The SMILES string of the molecule is CO/C(C)=C/C=C/CO. The summed E-state index contributed by atoms with van der Waals surface area (Å²) in [6.07, 6.45) is 5.18. The molecule has 0 heterocycles. The van der Waals surface area contributed by atoms with Crippen molar-refractivity contribution in [1.82, 2.24) is 0 Å². The lowest BCUT2D eigenvalue weighted by Crippen LogP contribution is -1.76. The van der Waals surface area contributed by atoms with Gasteiger partial charge in [0, 0.05) is 0 Å². The molecule has 0 saturated carbocycles. The third kappa shape index (κ3) is 5.11. The van der Waals surface area contributed by atoms with Crippen LogP contribution in [-0.2, 0) is 4.74 Å². The van der Waals surface area contributed by atoms with Crippen molar-refractivity contribution in [2.45, 2.75) is 6.92 Å². The van der Waals surface area contributed by atoms with Gasteiger partial charge in [0.25, 0.3) is 0 Å². The molecule has 0 bridgehead atoms. The zero-order chi connectivity index (χ0) is 7.11. The molecule has 0 aromatic heterocycles. The first-order chi connectivity index (χ1) is 4.31. The molecular formula is C7H12O2. The van der Waals surface area contributed by atoms with E-state index in [-0.39, 0.29) is 6.61 Å². The minimum atomic E-state index is 0.0769. The summed E-state index contributed by atoms with van der Waals surface area (Å²) in [6.45, 7) is 1.93. The molecular weight excluding hydrogens is 116 g/mol. The van der Waals surface area contributed by atoms with Crippen molar-refractivity contribution in [3.05, 3.63) is 24.0 Å². The van der Waals surface area contributed by atoms with Crippen molar-refractivity contribution in [3.63, 3.8) is 0 Å². The molecule has 2 heteroatoms. The molecule has 0 aromatic carbocycles. The second-order valence-corrected chi connectivity index (χ2v) is 1.59. The molecule has 0 amide bonds. The van der Waals surface area contributed by atoms with Gasteiger partial charge in [0.1, 0.15) is 0 Å². The maximum Gasteiger partial charge on any atom is 0.0924 e. The zero-order valence-corrected chi connectivity index (χ0v) is 5.79. The van der Waals surface area contributed by atoms with Gasteiger partial charge in [-0.05, 0) is 13.0 Å². The number of hydrogen-bond donors (Lipinski definition) is 1. The Balaban J connectivity index is 3.55. The fourth-order valence-electron chi connectivity index (χ4n) is 0.332. The second kappa shape index (κ2) is 5.38. The second-order valence-electron chi connectivity index (χ2n) is 1.59. The summed E-state index contributed by atoms with van der Waals surface area (Å²) in [5, 5.41) is 8.29. The lowest BCUT2D eigenvalue weighted by molar-refractivity contribution is 0.293. The smallest absolute Gasteiger partial charge is 0.0924 e. The van der Waals surface area contributed by atoms with E-state index in [1.807, 2.05) is 6.92 Å². The molecule has 9 heavy (non-hydrogen) atoms. The molecule has 0 spiro atoms. The van der Waals surface area contributed by atoms with Gasteiger partial charge < -0.3 is 9.84 Å². The fourth-order valence-corrected chi connectivity index (χ4v) is 0.332. The van der Waals surface area contributed by atoms with Crippen LogP contribution in [0.1, 0.15) is 6.92 Å². The van der Waals surface area contributed by atoms with Crippen molar-refractivity contribution < 1.29 is 9.84 Å². The molecule has 0 rings (SSSR count). The van der Waals surface area contributed by atoms with Gasteiger partial charge in [-0.15, -0.1) is 0 Å². The van der Waals surface area contributed by atoms with Crippen molar-refractivity contribution in [1.29, 1.82) is 0 Å². The third-order valence-corrected chi connectivity index (χ3v) is 0.894. The Morgan fingerprint density at radius 1 is 1.67 bits per heavy atom. The monoisotopic (exact) mass is 128 g/mol. The number of hydrogen-bond acceptors (Lipinski definition) is 2. The molecule has 0 fully saturated rings. The normalized spacial score (nSPS) is 12.6. The van der Waals surface area contributed by atoms with Gasteiger partial charge in [-0.2, -0.15) is 0 Å². The Morgan fingerprint density at radius 3 is 2.78 bits per heavy atom. The van der Waals surface area contributed by atoms with Gasteiger partial charge >= 0.3 is 0 Å². The van der Waals surface area contributed by atoms with E-state index < -0.39 is 0 Å². The standard InChI is InChI=1S/C7H12O2/c1-7(9-2)5-3-4-6-8/h3-5,8H,6H2,1-2H3/b4-3+,7-5+. The maximum absolute atomic E-state index is 8.29. The number of ether oxygens (including phenoxy) is 1. The Morgan fingerprint density at radius 2 is 2.33 bits per heavy atom. The van der Waals surface area contributed by atoms with Crippen molar-refractivity contribution in [3.8, 4) is 0 Å². The highest BCUT2D eigenvalue weighted by molar-refractivity contribution is 5.05. The van der Waals surface area contributed by atoms with Crippen LogP contribution < -0.4 is 0 Å². The van der Waals surface area contributed by atoms with Gasteiger partial charge in [-0.3, -0.25) is 0 Å². The number of aliphatic hydroxyl groups excluding tert-OH is 1. The average Bonchev–Trinajstić information content (AvgIpc) is 1.89. The van der Waals surface area contributed by atoms with Crippen LogP contribution in [-0.4, -0.2) is 18.8 Å². The lowest BCUT2D eigenvalue weighted by Gasteiger charge is -1.93. The van der Waals surface area contributed by atoms with E-state index >= 15 is 0 Å². The Kier molecular flexibility index (Phi) is 4.92. The molecule has 0 aliphatic rings. The average molecular weight is 128 g/mol. The molecule has 52 valence electrons. The molecule has 0 aliphatic carbocycles. The van der Waals surface area contributed by atoms with E-state index in [1.54, 1.807) is 25.3 Å². The summed E-state index contributed by atoms with van der Waals surface area (Å²) in [6, 6.07) is 0. The first-order valence-corrected chi connectivity index (χ1v) is 2.79. The first kappa shape index (κ1) is 8.24. The highest BCUT2D eigenvalue weighted by atomic mass is 16.5. The molecule has 0 unspecified atom stereocenters. The van der Waals surface area contributed by atoms with Crippen LogP contribution >= 0.6 is 0 Å². The van der Waals surface area contributed by atoms with Gasteiger partial charge in [-0.25, -0.2) is 0 Å². The Hall–Kier alpha value is -0.760. The van der Waals surface area contributed by atoms with Gasteiger partial charge in [0.15, 0.2) is 0 Å². The predicted octanol–water partition coefficient (Wildman–Crippen LogP) is 1.09. The van der Waals surface area contributed by atoms with Crippen molar-refractivity contribution in [2.75, 3.05) is 13.7 Å². The van der Waals surface area contributed by atoms with Crippen LogP contribution in [0, 0.1) is 0 Å². The Labute approximate surface area is 55.5 Å². The first-order valence-electron chi connectivity index (χ1n) is 2.79. The summed E-state index contributed by atoms with van der Waals surface area (Å²) < 4.78 is 4.82.